The van der Waals surface area contributed by atoms with Gasteiger partial charge in [-0.05, 0) is 44.0 Å². The van der Waals surface area contributed by atoms with Gasteiger partial charge in [0, 0.05) is 22.6 Å². The molecule has 1 aliphatic heterocycles. The van der Waals surface area contributed by atoms with Gasteiger partial charge in [0.25, 0.3) is 0 Å². The second-order valence-electron chi connectivity index (χ2n) is 4.58. The van der Waals surface area contributed by atoms with E-state index in [1.807, 2.05) is 0 Å². The SMILES string of the molecule is O=S(=O)(NCCC1CCCN1)c1cc(Cl)cc(Cl)c1. The Morgan fingerprint density at radius 2 is 1.95 bits per heavy atom. The second-order valence-corrected chi connectivity index (χ2v) is 7.22. The molecule has 1 saturated heterocycles. The number of halogens is 2. The molecule has 1 fully saturated rings. The van der Waals surface area contributed by atoms with Crippen molar-refractivity contribution >= 4 is 33.2 Å². The van der Waals surface area contributed by atoms with Gasteiger partial charge in [-0.15, -0.1) is 0 Å². The zero-order valence-electron chi connectivity index (χ0n) is 10.3. The number of nitrogens with one attached hydrogen (secondary N) is 2. The van der Waals surface area contributed by atoms with E-state index in [1.54, 1.807) is 0 Å². The van der Waals surface area contributed by atoms with E-state index < -0.39 is 10.0 Å². The third-order valence-electron chi connectivity index (χ3n) is 3.09. The number of rotatable bonds is 5. The van der Waals surface area contributed by atoms with Crippen LogP contribution in [-0.4, -0.2) is 27.5 Å². The van der Waals surface area contributed by atoms with Gasteiger partial charge >= 0.3 is 0 Å². The zero-order valence-corrected chi connectivity index (χ0v) is 12.7. The summed E-state index contributed by atoms with van der Waals surface area (Å²) in [5.74, 6) is 0. The normalized spacial score (nSPS) is 19.8. The fourth-order valence-corrected chi connectivity index (χ4v) is 3.91. The van der Waals surface area contributed by atoms with Crippen molar-refractivity contribution in [3.8, 4) is 0 Å². The van der Waals surface area contributed by atoms with Crippen LogP contribution in [0.25, 0.3) is 0 Å². The smallest absolute Gasteiger partial charge is 0.240 e. The molecule has 7 heteroatoms. The molecule has 2 N–H and O–H groups in total. The Morgan fingerprint density at radius 3 is 2.53 bits per heavy atom. The standard InChI is InChI=1S/C12H16Cl2N2O2S/c13-9-6-10(14)8-12(7-9)19(17,18)16-5-3-11-2-1-4-15-11/h6-8,11,15-16H,1-5H2. The summed E-state index contributed by atoms with van der Waals surface area (Å²) in [6.07, 6.45) is 3.04. The molecule has 1 unspecified atom stereocenters. The molecule has 1 aromatic rings. The molecule has 1 heterocycles. The Kier molecular flexibility index (Phi) is 5.09. The van der Waals surface area contributed by atoms with E-state index in [1.165, 1.54) is 18.2 Å². The predicted octanol–water partition coefficient (Wildman–Crippen LogP) is 2.41. The van der Waals surface area contributed by atoms with Gasteiger partial charge in [0.05, 0.1) is 4.90 Å². The van der Waals surface area contributed by atoms with Crippen LogP contribution in [0.2, 0.25) is 10.0 Å². The van der Waals surface area contributed by atoms with Crippen LogP contribution in [0.1, 0.15) is 19.3 Å². The maximum absolute atomic E-state index is 12.1. The zero-order chi connectivity index (χ0) is 13.9. The number of hydrogen-bond acceptors (Lipinski definition) is 3. The second kappa shape index (κ2) is 6.41. The summed E-state index contributed by atoms with van der Waals surface area (Å²) in [5.41, 5.74) is 0. The van der Waals surface area contributed by atoms with Crippen LogP contribution in [0.4, 0.5) is 0 Å². The molecule has 4 nitrogen and oxygen atoms in total. The topological polar surface area (TPSA) is 58.2 Å². The first-order valence-corrected chi connectivity index (χ1v) is 8.40. The number of sulfonamides is 1. The highest BCUT2D eigenvalue weighted by molar-refractivity contribution is 7.89. The molecule has 0 bridgehead atoms. The molecular formula is C12H16Cl2N2O2S. The lowest BCUT2D eigenvalue weighted by Crippen LogP contribution is -2.30. The summed E-state index contributed by atoms with van der Waals surface area (Å²) in [7, 11) is -3.54. The summed E-state index contributed by atoms with van der Waals surface area (Å²) in [4.78, 5) is 0.101. The maximum Gasteiger partial charge on any atom is 0.240 e. The molecule has 1 aromatic carbocycles. The van der Waals surface area contributed by atoms with Crippen molar-refractivity contribution in [3.63, 3.8) is 0 Å². The fourth-order valence-electron chi connectivity index (χ4n) is 2.14. The highest BCUT2D eigenvalue weighted by Gasteiger charge is 2.18. The predicted molar refractivity (Wildman–Crippen MR) is 77.3 cm³/mol. The van der Waals surface area contributed by atoms with Crippen molar-refractivity contribution in [2.24, 2.45) is 0 Å². The lowest BCUT2D eigenvalue weighted by atomic mass is 10.2. The Bertz CT molecular complexity index is 522. The van der Waals surface area contributed by atoms with Gasteiger partial charge < -0.3 is 5.32 Å². The first kappa shape index (κ1) is 15.1. The van der Waals surface area contributed by atoms with E-state index in [-0.39, 0.29) is 4.90 Å². The van der Waals surface area contributed by atoms with Crippen LogP contribution in [0, 0.1) is 0 Å². The Morgan fingerprint density at radius 1 is 1.26 bits per heavy atom. The average Bonchev–Trinajstić information content (AvgIpc) is 2.80. The quantitative estimate of drug-likeness (QED) is 0.875. The molecule has 19 heavy (non-hydrogen) atoms. The minimum Gasteiger partial charge on any atom is -0.314 e. The third-order valence-corrected chi connectivity index (χ3v) is 4.97. The molecule has 106 valence electrons. The van der Waals surface area contributed by atoms with Gasteiger partial charge in [-0.3, -0.25) is 0 Å². The monoisotopic (exact) mass is 322 g/mol. The Hall–Kier alpha value is -0.330. The van der Waals surface area contributed by atoms with Gasteiger partial charge in [-0.1, -0.05) is 23.2 Å². The van der Waals surface area contributed by atoms with E-state index in [2.05, 4.69) is 10.0 Å². The molecule has 1 aliphatic rings. The van der Waals surface area contributed by atoms with Crippen LogP contribution in [0.3, 0.4) is 0 Å². The summed E-state index contributed by atoms with van der Waals surface area (Å²) in [6, 6.07) is 4.70. The van der Waals surface area contributed by atoms with Crippen LogP contribution >= 0.6 is 23.2 Å². The average molecular weight is 323 g/mol. The Balaban J connectivity index is 1.97. The van der Waals surface area contributed by atoms with E-state index >= 15 is 0 Å². The number of benzene rings is 1. The summed E-state index contributed by atoms with van der Waals surface area (Å²) >= 11 is 11.6. The maximum atomic E-state index is 12.1. The first-order valence-electron chi connectivity index (χ1n) is 6.16. The third kappa shape index (κ3) is 4.33. The highest BCUT2D eigenvalue weighted by atomic mass is 35.5. The lowest BCUT2D eigenvalue weighted by molar-refractivity contribution is 0.539. The van der Waals surface area contributed by atoms with Gasteiger partial charge in [0.2, 0.25) is 10.0 Å². The molecule has 1 atom stereocenters. The van der Waals surface area contributed by atoms with Crippen LogP contribution in [0.5, 0.6) is 0 Å². The van der Waals surface area contributed by atoms with Crippen molar-refractivity contribution in [1.82, 2.24) is 10.0 Å². The minimum absolute atomic E-state index is 0.101. The van der Waals surface area contributed by atoms with Crippen molar-refractivity contribution in [2.45, 2.75) is 30.2 Å². The van der Waals surface area contributed by atoms with Crippen molar-refractivity contribution < 1.29 is 8.42 Å². The summed E-state index contributed by atoms with van der Waals surface area (Å²) in [5, 5.41) is 3.94. The molecular weight excluding hydrogens is 307 g/mol. The molecule has 0 aromatic heterocycles. The molecule has 0 radical (unpaired) electrons. The van der Waals surface area contributed by atoms with Gasteiger partial charge in [-0.25, -0.2) is 13.1 Å². The Labute approximate surface area is 123 Å². The van der Waals surface area contributed by atoms with Crippen LogP contribution < -0.4 is 10.0 Å². The molecule has 0 spiro atoms. The van der Waals surface area contributed by atoms with E-state index in [4.69, 9.17) is 23.2 Å². The lowest BCUT2D eigenvalue weighted by Gasteiger charge is -2.11. The molecule has 0 aliphatic carbocycles. The minimum atomic E-state index is -3.54. The molecule has 0 amide bonds. The summed E-state index contributed by atoms with van der Waals surface area (Å²) in [6.45, 7) is 1.42. The van der Waals surface area contributed by atoms with Gasteiger partial charge in [-0.2, -0.15) is 0 Å². The van der Waals surface area contributed by atoms with Crippen molar-refractivity contribution in [3.05, 3.63) is 28.2 Å². The highest BCUT2D eigenvalue weighted by Crippen LogP contribution is 2.22. The number of hydrogen-bond donors (Lipinski definition) is 2. The molecule has 2 rings (SSSR count). The van der Waals surface area contributed by atoms with E-state index in [0.29, 0.717) is 22.6 Å². The van der Waals surface area contributed by atoms with Crippen LogP contribution in [0.15, 0.2) is 23.1 Å². The summed E-state index contributed by atoms with van der Waals surface area (Å²) < 4.78 is 26.7. The van der Waals surface area contributed by atoms with Gasteiger partial charge in [0.15, 0.2) is 0 Å². The van der Waals surface area contributed by atoms with Crippen molar-refractivity contribution in [2.75, 3.05) is 13.1 Å². The first-order chi connectivity index (χ1) is 8.97. The molecule has 0 saturated carbocycles. The van der Waals surface area contributed by atoms with Crippen molar-refractivity contribution in [1.29, 1.82) is 0 Å². The van der Waals surface area contributed by atoms with E-state index in [9.17, 15) is 8.42 Å². The fraction of sp³-hybridized carbons (Fsp3) is 0.500. The van der Waals surface area contributed by atoms with Crippen LogP contribution in [-0.2, 0) is 10.0 Å². The van der Waals surface area contributed by atoms with Gasteiger partial charge in [0.1, 0.15) is 0 Å². The van der Waals surface area contributed by atoms with E-state index in [0.717, 1.165) is 25.8 Å². The largest absolute Gasteiger partial charge is 0.314 e.